The molecule has 0 fully saturated rings. The molecule has 1 aliphatic carbocycles. The zero-order valence-corrected chi connectivity index (χ0v) is 13.3. The van der Waals surface area contributed by atoms with Crippen molar-refractivity contribution in [3.8, 4) is 0 Å². The lowest BCUT2D eigenvalue weighted by molar-refractivity contribution is 0.181. The SMILES string of the molecule is C=CCN(CCO)C(=O)NC(C)c1ccc2c(c1)CCCC2. The zero-order valence-electron chi connectivity index (χ0n) is 13.3. The maximum atomic E-state index is 12.3. The standard InChI is InChI=1S/C18H26N2O2/c1-3-10-20(11-12-21)18(22)19-14(2)16-9-8-15-6-4-5-7-17(15)13-16/h3,8-9,13-14,21H,1,4-7,10-12H2,2H3,(H,19,22). The molecule has 0 aromatic heterocycles. The van der Waals surface area contributed by atoms with Gasteiger partial charge in [0.25, 0.3) is 0 Å². The summed E-state index contributed by atoms with van der Waals surface area (Å²) in [7, 11) is 0. The summed E-state index contributed by atoms with van der Waals surface area (Å²) in [6.07, 6.45) is 6.49. The van der Waals surface area contributed by atoms with Crippen LogP contribution in [0.1, 0.15) is 42.5 Å². The molecular weight excluding hydrogens is 276 g/mol. The average molecular weight is 302 g/mol. The van der Waals surface area contributed by atoms with Gasteiger partial charge in [-0.2, -0.15) is 0 Å². The second-order valence-corrected chi connectivity index (χ2v) is 5.86. The molecule has 0 aliphatic heterocycles. The van der Waals surface area contributed by atoms with Gasteiger partial charge in [-0.1, -0.05) is 24.3 Å². The first-order valence-corrected chi connectivity index (χ1v) is 8.04. The van der Waals surface area contributed by atoms with Crippen LogP contribution in [0.5, 0.6) is 0 Å². The second kappa shape index (κ2) is 7.99. The van der Waals surface area contributed by atoms with E-state index in [0.717, 1.165) is 12.0 Å². The Morgan fingerprint density at radius 1 is 1.41 bits per heavy atom. The van der Waals surface area contributed by atoms with Gasteiger partial charge in [0.15, 0.2) is 0 Å². The molecular formula is C18H26N2O2. The Balaban J connectivity index is 2.03. The van der Waals surface area contributed by atoms with Gasteiger partial charge in [-0.3, -0.25) is 0 Å². The third-order valence-electron chi connectivity index (χ3n) is 4.22. The number of nitrogens with one attached hydrogen (secondary N) is 1. The van der Waals surface area contributed by atoms with Gasteiger partial charge < -0.3 is 15.3 Å². The van der Waals surface area contributed by atoms with Gasteiger partial charge in [0.1, 0.15) is 0 Å². The van der Waals surface area contributed by atoms with E-state index in [0.29, 0.717) is 13.1 Å². The van der Waals surface area contributed by atoms with E-state index in [1.165, 1.54) is 30.4 Å². The number of hydrogen-bond acceptors (Lipinski definition) is 2. The van der Waals surface area contributed by atoms with Gasteiger partial charge in [-0.15, -0.1) is 6.58 Å². The van der Waals surface area contributed by atoms with Crippen LogP contribution in [-0.4, -0.2) is 35.7 Å². The quantitative estimate of drug-likeness (QED) is 0.794. The van der Waals surface area contributed by atoms with Gasteiger partial charge in [0, 0.05) is 13.1 Å². The molecule has 4 heteroatoms. The number of aliphatic hydroxyl groups is 1. The number of nitrogens with zero attached hydrogens (tertiary/aromatic N) is 1. The lowest BCUT2D eigenvalue weighted by atomic mass is 9.89. The molecule has 120 valence electrons. The van der Waals surface area contributed by atoms with Crippen molar-refractivity contribution in [3.63, 3.8) is 0 Å². The van der Waals surface area contributed by atoms with Gasteiger partial charge in [0.05, 0.1) is 12.6 Å². The average Bonchev–Trinajstić information content (AvgIpc) is 2.54. The summed E-state index contributed by atoms with van der Waals surface area (Å²) < 4.78 is 0. The molecule has 1 unspecified atom stereocenters. The highest BCUT2D eigenvalue weighted by molar-refractivity contribution is 5.74. The number of rotatable bonds is 6. The lowest BCUT2D eigenvalue weighted by Gasteiger charge is -2.24. The minimum absolute atomic E-state index is 0.0471. The molecule has 4 nitrogen and oxygen atoms in total. The first kappa shape index (κ1) is 16.6. The van der Waals surface area contributed by atoms with Crippen LogP contribution in [0.25, 0.3) is 0 Å². The third kappa shape index (κ3) is 4.10. The first-order chi connectivity index (χ1) is 10.7. The fourth-order valence-corrected chi connectivity index (χ4v) is 2.93. The Bertz CT molecular complexity index is 528. The Morgan fingerprint density at radius 3 is 2.82 bits per heavy atom. The summed E-state index contributed by atoms with van der Waals surface area (Å²) in [6.45, 7) is 6.34. The molecule has 0 heterocycles. The van der Waals surface area contributed by atoms with Crippen LogP contribution in [0.4, 0.5) is 4.79 Å². The van der Waals surface area contributed by atoms with E-state index in [-0.39, 0.29) is 18.7 Å². The molecule has 2 N–H and O–H groups in total. The molecule has 1 atom stereocenters. The van der Waals surface area contributed by atoms with Crippen LogP contribution in [-0.2, 0) is 12.8 Å². The number of carbonyl (C=O) groups excluding carboxylic acids is 1. The highest BCUT2D eigenvalue weighted by atomic mass is 16.3. The van der Waals surface area contributed by atoms with Crippen molar-refractivity contribution in [3.05, 3.63) is 47.5 Å². The van der Waals surface area contributed by atoms with Crippen molar-refractivity contribution in [1.82, 2.24) is 10.2 Å². The normalized spacial score (nSPS) is 14.8. The summed E-state index contributed by atoms with van der Waals surface area (Å²) in [5, 5.41) is 12.0. The molecule has 1 aromatic carbocycles. The van der Waals surface area contributed by atoms with Gasteiger partial charge in [-0.05, 0) is 49.3 Å². The summed E-state index contributed by atoms with van der Waals surface area (Å²) in [6, 6.07) is 6.31. The third-order valence-corrected chi connectivity index (χ3v) is 4.22. The summed E-state index contributed by atoms with van der Waals surface area (Å²) >= 11 is 0. The van der Waals surface area contributed by atoms with E-state index < -0.39 is 0 Å². The number of fused-ring (bicyclic) bond motifs is 1. The number of benzene rings is 1. The maximum Gasteiger partial charge on any atom is 0.318 e. The van der Waals surface area contributed by atoms with Crippen molar-refractivity contribution < 1.29 is 9.90 Å². The first-order valence-electron chi connectivity index (χ1n) is 8.04. The topological polar surface area (TPSA) is 52.6 Å². The van der Waals surface area contributed by atoms with E-state index in [9.17, 15) is 4.79 Å². The monoisotopic (exact) mass is 302 g/mol. The number of amides is 2. The highest BCUT2D eigenvalue weighted by Crippen LogP contribution is 2.24. The molecule has 0 saturated heterocycles. The van der Waals surface area contributed by atoms with Crippen molar-refractivity contribution in [2.24, 2.45) is 0 Å². The van der Waals surface area contributed by atoms with E-state index in [4.69, 9.17) is 5.11 Å². The van der Waals surface area contributed by atoms with Crippen molar-refractivity contribution in [2.75, 3.05) is 19.7 Å². The summed E-state index contributed by atoms with van der Waals surface area (Å²) in [4.78, 5) is 13.8. The molecule has 1 aromatic rings. The Labute approximate surface area is 132 Å². The van der Waals surface area contributed by atoms with Crippen LogP contribution < -0.4 is 5.32 Å². The zero-order chi connectivity index (χ0) is 15.9. The number of hydrogen-bond donors (Lipinski definition) is 2. The lowest BCUT2D eigenvalue weighted by Crippen LogP contribution is -2.42. The van der Waals surface area contributed by atoms with Crippen molar-refractivity contribution >= 4 is 6.03 Å². The molecule has 0 spiro atoms. The molecule has 2 amide bonds. The van der Waals surface area contributed by atoms with Gasteiger partial charge in [0.2, 0.25) is 0 Å². The van der Waals surface area contributed by atoms with Crippen LogP contribution >= 0.6 is 0 Å². The Kier molecular flexibility index (Phi) is 6.01. The van der Waals surface area contributed by atoms with E-state index in [2.05, 4.69) is 30.1 Å². The van der Waals surface area contributed by atoms with Crippen LogP contribution in [0.15, 0.2) is 30.9 Å². The fraction of sp³-hybridized carbons (Fsp3) is 0.500. The van der Waals surface area contributed by atoms with Crippen LogP contribution in [0, 0.1) is 0 Å². The number of urea groups is 1. The van der Waals surface area contributed by atoms with Gasteiger partial charge >= 0.3 is 6.03 Å². The molecule has 0 bridgehead atoms. The highest BCUT2D eigenvalue weighted by Gasteiger charge is 2.17. The molecule has 0 radical (unpaired) electrons. The molecule has 2 rings (SSSR count). The number of aliphatic hydroxyl groups excluding tert-OH is 1. The predicted octanol–water partition coefficient (Wildman–Crippen LogP) is 2.82. The molecule has 22 heavy (non-hydrogen) atoms. The van der Waals surface area contributed by atoms with Crippen LogP contribution in [0.3, 0.4) is 0 Å². The maximum absolute atomic E-state index is 12.3. The fourth-order valence-electron chi connectivity index (χ4n) is 2.93. The van der Waals surface area contributed by atoms with Crippen molar-refractivity contribution in [2.45, 2.75) is 38.6 Å². The second-order valence-electron chi connectivity index (χ2n) is 5.86. The summed E-state index contributed by atoms with van der Waals surface area (Å²) in [5.41, 5.74) is 4.00. The number of carbonyl (C=O) groups is 1. The van der Waals surface area contributed by atoms with Gasteiger partial charge in [-0.25, -0.2) is 4.79 Å². The molecule has 0 saturated carbocycles. The summed E-state index contributed by atoms with van der Waals surface area (Å²) in [5.74, 6) is 0. The van der Waals surface area contributed by atoms with E-state index in [1.807, 2.05) is 6.92 Å². The van der Waals surface area contributed by atoms with E-state index in [1.54, 1.807) is 11.0 Å². The minimum Gasteiger partial charge on any atom is -0.395 e. The largest absolute Gasteiger partial charge is 0.395 e. The molecule has 1 aliphatic rings. The smallest absolute Gasteiger partial charge is 0.318 e. The Hall–Kier alpha value is -1.81. The van der Waals surface area contributed by atoms with E-state index >= 15 is 0 Å². The van der Waals surface area contributed by atoms with Crippen molar-refractivity contribution in [1.29, 1.82) is 0 Å². The minimum atomic E-state index is -0.167. The van der Waals surface area contributed by atoms with Crippen LogP contribution in [0.2, 0.25) is 0 Å². The predicted molar refractivity (Wildman–Crippen MR) is 88.9 cm³/mol. The Morgan fingerprint density at radius 2 is 2.14 bits per heavy atom. The number of aryl methyl sites for hydroxylation is 2.